The summed E-state index contributed by atoms with van der Waals surface area (Å²) in [4.78, 5) is 0. The van der Waals surface area contributed by atoms with Crippen LogP contribution in [0.5, 0.6) is 0 Å². The maximum atomic E-state index is 6.73. The van der Waals surface area contributed by atoms with E-state index in [9.17, 15) is 0 Å². The van der Waals surface area contributed by atoms with Crippen LogP contribution in [0.15, 0.2) is 66.7 Å². The monoisotopic (exact) mass is 261 g/mol. The van der Waals surface area contributed by atoms with Crippen LogP contribution in [0.2, 0.25) is 0 Å². The number of aryl methyl sites for hydroxylation is 1. The molecule has 3 aromatic carbocycles. The third kappa shape index (κ3) is 2.00. The minimum Gasteiger partial charge on any atom is -0.318 e. The van der Waals surface area contributed by atoms with Crippen molar-refractivity contribution >= 4 is 10.8 Å². The molecule has 0 aliphatic rings. The summed E-state index contributed by atoms with van der Waals surface area (Å²) >= 11 is 0. The van der Waals surface area contributed by atoms with Gasteiger partial charge >= 0.3 is 0 Å². The lowest BCUT2D eigenvalue weighted by Crippen LogP contribution is -2.35. The second-order valence-electron chi connectivity index (χ2n) is 5.54. The Morgan fingerprint density at radius 3 is 2.15 bits per heavy atom. The first-order valence-corrected chi connectivity index (χ1v) is 6.94. The minimum atomic E-state index is -0.494. The van der Waals surface area contributed by atoms with E-state index in [4.69, 9.17) is 5.73 Å². The molecule has 0 radical (unpaired) electrons. The number of benzene rings is 3. The van der Waals surface area contributed by atoms with E-state index in [1.54, 1.807) is 0 Å². The van der Waals surface area contributed by atoms with Gasteiger partial charge in [0.05, 0.1) is 5.54 Å². The Morgan fingerprint density at radius 2 is 1.35 bits per heavy atom. The normalized spacial score (nSPS) is 14.2. The van der Waals surface area contributed by atoms with Crippen LogP contribution in [0.4, 0.5) is 0 Å². The molecule has 100 valence electrons. The maximum Gasteiger partial charge on any atom is 0.0645 e. The fraction of sp³-hybridized carbons (Fsp3) is 0.158. The topological polar surface area (TPSA) is 26.0 Å². The lowest BCUT2D eigenvalue weighted by molar-refractivity contribution is 0.604. The molecule has 0 amide bonds. The molecule has 2 N–H and O–H groups in total. The van der Waals surface area contributed by atoms with Crippen LogP contribution in [-0.2, 0) is 5.54 Å². The number of nitrogens with two attached hydrogens (primary N) is 1. The van der Waals surface area contributed by atoms with Gasteiger partial charge < -0.3 is 5.73 Å². The highest BCUT2D eigenvalue weighted by molar-refractivity contribution is 5.87. The SMILES string of the molecule is Cc1ccccc1C(C)(N)c1cccc2ccccc12. The molecule has 0 spiro atoms. The van der Waals surface area contributed by atoms with Crippen molar-refractivity contribution in [1.82, 2.24) is 0 Å². The molecule has 1 nitrogen and oxygen atoms in total. The quantitative estimate of drug-likeness (QED) is 0.728. The number of fused-ring (bicyclic) bond motifs is 1. The van der Waals surface area contributed by atoms with Crippen LogP contribution in [-0.4, -0.2) is 0 Å². The lowest BCUT2D eigenvalue weighted by atomic mass is 9.81. The third-order valence-corrected chi connectivity index (χ3v) is 4.05. The number of hydrogen-bond donors (Lipinski definition) is 1. The van der Waals surface area contributed by atoms with Crippen LogP contribution >= 0.6 is 0 Å². The van der Waals surface area contributed by atoms with Gasteiger partial charge in [-0.25, -0.2) is 0 Å². The van der Waals surface area contributed by atoms with Gasteiger partial charge in [-0.3, -0.25) is 0 Å². The summed E-state index contributed by atoms with van der Waals surface area (Å²) < 4.78 is 0. The fourth-order valence-corrected chi connectivity index (χ4v) is 2.98. The summed E-state index contributed by atoms with van der Waals surface area (Å²) in [5.41, 5.74) is 9.81. The smallest absolute Gasteiger partial charge is 0.0645 e. The van der Waals surface area contributed by atoms with Crippen LogP contribution in [0, 0.1) is 6.92 Å². The van der Waals surface area contributed by atoms with E-state index in [0.29, 0.717) is 0 Å². The second kappa shape index (κ2) is 4.77. The molecule has 3 aromatic rings. The molecule has 1 atom stereocenters. The average Bonchev–Trinajstić information content (AvgIpc) is 2.47. The van der Waals surface area contributed by atoms with Gasteiger partial charge in [-0.15, -0.1) is 0 Å². The predicted molar refractivity (Wildman–Crippen MR) is 85.8 cm³/mol. The summed E-state index contributed by atoms with van der Waals surface area (Å²) in [7, 11) is 0. The van der Waals surface area contributed by atoms with Gasteiger partial charge in [0.15, 0.2) is 0 Å². The van der Waals surface area contributed by atoms with E-state index < -0.39 is 5.54 Å². The van der Waals surface area contributed by atoms with Crippen LogP contribution in [0.1, 0.15) is 23.6 Å². The Hall–Kier alpha value is -2.12. The van der Waals surface area contributed by atoms with Crippen molar-refractivity contribution in [2.45, 2.75) is 19.4 Å². The Balaban J connectivity index is 2.27. The zero-order valence-corrected chi connectivity index (χ0v) is 11.9. The highest BCUT2D eigenvalue weighted by atomic mass is 14.7. The van der Waals surface area contributed by atoms with Gasteiger partial charge in [-0.1, -0.05) is 66.7 Å². The van der Waals surface area contributed by atoms with Gasteiger partial charge in [0, 0.05) is 0 Å². The van der Waals surface area contributed by atoms with Crippen molar-refractivity contribution in [2.24, 2.45) is 5.73 Å². The lowest BCUT2D eigenvalue weighted by Gasteiger charge is -2.29. The van der Waals surface area contributed by atoms with Crippen molar-refractivity contribution in [3.63, 3.8) is 0 Å². The summed E-state index contributed by atoms with van der Waals surface area (Å²) in [6.45, 7) is 4.21. The molecule has 20 heavy (non-hydrogen) atoms. The fourth-order valence-electron chi connectivity index (χ4n) is 2.98. The van der Waals surface area contributed by atoms with E-state index in [1.807, 2.05) is 0 Å². The Bertz CT molecular complexity index is 751. The zero-order valence-electron chi connectivity index (χ0n) is 11.9. The molecule has 0 bridgehead atoms. The molecule has 1 heteroatoms. The first kappa shape index (κ1) is 12.9. The standard InChI is InChI=1S/C19H19N/c1-14-8-3-6-12-17(14)19(2,20)18-13-7-10-15-9-4-5-11-16(15)18/h3-13H,20H2,1-2H3. The molecule has 0 aliphatic heterocycles. The van der Waals surface area contributed by atoms with Gasteiger partial charge in [-0.05, 0) is 41.3 Å². The molecule has 0 aromatic heterocycles. The van der Waals surface area contributed by atoms with E-state index in [2.05, 4.69) is 80.6 Å². The minimum absolute atomic E-state index is 0.494. The zero-order chi connectivity index (χ0) is 14.2. The van der Waals surface area contributed by atoms with Crippen molar-refractivity contribution in [3.8, 4) is 0 Å². The summed E-state index contributed by atoms with van der Waals surface area (Å²) in [5.74, 6) is 0. The molecule has 0 heterocycles. The van der Waals surface area contributed by atoms with Gasteiger partial charge in [0.25, 0.3) is 0 Å². The average molecular weight is 261 g/mol. The number of rotatable bonds is 2. The van der Waals surface area contributed by atoms with E-state index in [-0.39, 0.29) is 0 Å². The molecular weight excluding hydrogens is 242 g/mol. The molecule has 0 aliphatic carbocycles. The van der Waals surface area contributed by atoms with E-state index >= 15 is 0 Å². The molecule has 3 rings (SSSR count). The Labute approximate surface area is 120 Å². The van der Waals surface area contributed by atoms with Crippen molar-refractivity contribution in [2.75, 3.05) is 0 Å². The van der Waals surface area contributed by atoms with Gasteiger partial charge in [0.1, 0.15) is 0 Å². The van der Waals surface area contributed by atoms with E-state index in [0.717, 1.165) is 0 Å². The predicted octanol–water partition coefficient (Wildman–Crippen LogP) is 4.37. The highest BCUT2D eigenvalue weighted by Crippen LogP contribution is 2.33. The Kier molecular flexibility index (Phi) is 3.07. The van der Waals surface area contributed by atoms with E-state index in [1.165, 1.54) is 27.5 Å². The molecular formula is C19H19N. The number of hydrogen-bond acceptors (Lipinski definition) is 1. The second-order valence-corrected chi connectivity index (χ2v) is 5.54. The molecule has 0 fully saturated rings. The van der Waals surface area contributed by atoms with Crippen LogP contribution in [0.25, 0.3) is 10.8 Å². The summed E-state index contributed by atoms with van der Waals surface area (Å²) in [6, 6.07) is 23.1. The van der Waals surface area contributed by atoms with Crippen LogP contribution in [0.3, 0.4) is 0 Å². The first-order chi connectivity index (χ1) is 9.60. The largest absolute Gasteiger partial charge is 0.318 e. The summed E-state index contributed by atoms with van der Waals surface area (Å²) in [5, 5.41) is 2.46. The van der Waals surface area contributed by atoms with Crippen molar-refractivity contribution < 1.29 is 0 Å². The molecule has 0 saturated carbocycles. The van der Waals surface area contributed by atoms with Crippen molar-refractivity contribution in [3.05, 3.63) is 83.4 Å². The molecule has 0 saturated heterocycles. The third-order valence-electron chi connectivity index (χ3n) is 4.05. The maximum absolute atomic E-state index is 6.73. The first-order valence-electron chi connectivity index (χ1n) is 6.94. The van der Waals surface area contributed by atoms with Crippen LogP contribution < -0.4 is 5.73 Å². The van der Waals surface area contributed by atoms with Gasteiger partial charge in [0.2, 0.25) is 0 Å². The highest BCUT2D eigenvalue weighted by Gasteiger charge is 2.26. The summed E-state index contributed by atoms with van der Waals surface area (Å²) in [6.07, 6.45) is 0. The molecule has 1 unspecified atom stereocenters. The van der Waals surface area contributed by atoms with Gasteiger partial charge in [-0.2, -0.15) is 0 Å². The Morgan fingerprint density at radius 1 is 0.750 bits per heavy atom. The van der Waals surface area contributed by atoms with Crippen molar-refractivity contribution in [1.29, 1.82) is 0 Å².